The topological polar surface area (TPSA) is 51.8 Å². The number of halogens is 1. The highest BCUT2D eigenvalue weighted by atomic mass is 35.5. The molecule has 4 heteroatoms. The van der Waals surface area contributed by atoms with E-state index in [1.807, 2.05) is 0 Å². The van der Waals surface area contributed by atoms with Gasteiger partial charge in [-0.15, -0.1) is 10.2 Å². The van der Waals surface area contributed by atoms with Gasteiger partial charge in [0.1, 0.15) is 5.82 Å². The summed E-state index contributed by atoms with van der Waals surface area (Å²) >= 11 is 5.80. The highest BCUT2D eigenvalue weighted by Gasteiger charge is 2.01. The van der Waals surface area contributed by atoms with Gasteiger partial charge >= 0.3 is 0 Å². The first-order valence-electron chi connectivity index (χ1n) is 4.01. The molecule has 0 aliphatic carbocycles. The van der Waals surface area contributed by atoms with Crippen LogP contribution in [0.25, 0.3) is 0 Å². The first-order chi connectivity index (χ1) is 5.74. The molecule has 0 radical (unpaired) electrons. The van der Waals surface area contributed by atoms with Crippen molar-refractivity contribution < 1.29 is 0 Å². The van der Waals surface area contributed by atoms with E-state index in [9.17, 15) is 0 Å². The molecule has 1 rings (SSSR count). The van der Waals surface area contributed by atoms with Crippen LogP contribution in [0.5, 0.6) is 0 Å². The molecular weight excluding hydrogens is 174 g/mol. The summed E-state index contributed by atoms with van der Waals surface area (Å²) in [4.78, 5) is 0. The predicted molar refractivity (Wildman–Crippen MR) is 50.1 cm³/mol. The lowest BCUT2D eigenvalue weighted by Crippen LogP contribution is -1.97. The third-order valence-corrected chi connectivity index (χ3v) is 1.96. The Kier molecular flexibility index (Phi) is 3.29. The molecule has 0 fully saturated rings. The Labute approximate surface area is 76.9 Å². The molecule has 0 aliphatic heterocycles. The molecule has 0 spiro atoms. The number of hydrogen-bond donors (Lipinski definition) is 1. The van der Waals surface area contributed by atoms with Crippen molar-refractivity contribution in [1.29, 1.82) is 0 Å². The molecule has 0 amide bonds. The van der Waals surface area contributed by atoms with Crippen LogP contribution >= 0.6 is 11.6 Å². The van der Waals surface area contributed by atoms with E-state index >= 15 is 0 Å². The fraction of sp³-hybridized carbons (Fsp3) is 0.500. The summed E-state index contributed by atoms with van der Waals surface area (Å²) < 4.78 is 0. The van der Waals surface area contributed by atoms with E-state index < -0.39 is 0 Å². The van der Waals surface area contributed by atoms with Gasteiger partial charge in [-0.05, 0) is 24.5 Å². The summed E-state index contributed by atoms with van der Waals surface area (Å²) in [7, 11) is 0. The predicted octanol–water partition coefficient (Wildman–Crippen LogP) is 2.05. The van der Waals surface area contributed by atoms with Crippen LogP contribution in [-0.4, -0.2) is 10.2 Å². The number of anilines is 1. The maximum Gasteiger partial charge on any atom is 0.155 e. The molecular formula is C8H12ClN3. The van der Waals surface area contributed by atoms with E-state index in [1.165, 1.54) is 0 Å². The van der Waals surface area contributed by atoms with Crippen LogP contribution in [0.2, 0.25) is 5.15 Å². The Morgan fingerprint density at radius 2 is 2.25 bits per heavy atom. The van der Waals surface area contributed by atoms with Crippen molar-refractivity contribution in [1.82, 2.24) is 10.2 Å². The van der Waals surface area contributed by atoms with Crippen molar-refractivity contribution in [2.24, 2.45) is 0 Å². The second-order valence-electron chi connectivity index (χ2n) is 2.69. The van der Waals surface area contributed by atoms with Crippen LogP contribution in [0, 0.1) is 0 Å². The summed E-state index contributed by atoms with van der Waals surface area (Å²) in [5.74, 6) is 0.436. The lowest BCUT2D eigenvalue weighted by molar-refractivity contribution is 0.788. The lowest BCUT2D eigenvalue weighted by Gasteiger charge is -2.01. The normalized spacial score (nSPS) is 10.2. The van der Waals surface area contributed by atoms with Crippen molar-refractivity contribution >= 4 is 17.4 Å². The Morgan fingerprint density at radius 3 is 2.92 bits per heavy atom. The van der Waals surface area contributed by atoms with Crippen molar-refractivity contribution in [3.05, 3.63) is 16.8 Å². The van der Waals surface area contributed by atoms with E-state index in [0.29, 0.717) is 11.0 Å². The fourth-order valence-electron chi connectivity index (χ4n) is 0.975. The zero-order valence-corrected chi connectivity index (χ0v) is 7.80. The second-order valence-corrected chi connectivity index (χ2v) is 3.05. The summed E-state index contributed by atoms with van der Waals surface area (Å²) in [5.41, 5.74) is 6.46. The Hall–Kier alpha value is -0.830. The van der Waals surface area contributed by atoms with Crippen molar-refractivity contribution in [2.75, 3.05) is 5.73 Å². The first kappa shape index (κ1) is 9.26. The van der Waals surface area contributed by atoms with Gasteiger partial charge in [-0.3, -0.25) is 0 Å². The molecule has 0 aromatic carbocycles. The maximum absolute atomic E-state index is 5.80. The number of nitrogen functional groups attached to an aromatic ring is 1. The number of unbranched alkanes of at least 4 members (excludes halogenated alkanes) is 1. The maximum atomic E-state index is 5.80. The van der Waals surface area contributed by atoms with Gasteiger partial charge in [-0.1, -0.05) is 24.9 Å². The average molecular weight is 186 g/mol. The van der Waals surface area contributed by atoms with Gasteiger partial charge in [0.25, 0.3) is 0 Å². The van der Waals surface area contributed by atoms with E-state index in [4.69, 9.17) is 17.3 Å². The van der Waals surface area contributed by atoms with Crippen LogP contribution in [0.3, 0.4) is 0 Å². The molecule has 0 saturated heterocycles. The Morgan fingerprint density at radius 1 is 1.50 bits per heavy atom. The lowest BCUT2D eigenvalue weighted by atomic mass is 10.1. The molecule has 3 nitrogen and oxygen atoms in total. The summed E-state index contributed by atoms with van der Waals surface area (Å²) in [5, 5.41) is 7.84. The van der Waals surface area contributed by atoms with E-state index in [1.54, 1.807) is 6.07 Å². The quantitative estimate of drug-likeness (QED) is 0.784. The van der Waals surface area contributed by atoms with Crippen molar-refractivity contribution in [3.8, 4) is 0 Å². The van der Waals surface area contributed by atoms with Crippen LogP contribution in [0.15, 0.2) is 6.07 Å². The SMILES string of the molecule is CCCCc1cc(N)nnc1Cl. The molecule has 1 aromatic heterocycles. The van der Waals surface area contributed by atoms with Gasteiger partial charge in [-0.25, -0.2) is 0 Å². The number of aromatic nitrogens is 2. The Balaban J connectivity index is 2.75. The molecule has 0 atom stereocenters. The standard InChI is InChI=1S/C8H12ClN3/c1-2-3-4-6-5-7(10)11-12-8(6)9/h5H,2-4H2,1H3,(H2,10,11). The third-order valence-electron chi connectivity index (χ3n) is 1.64. The van der Waals surface area contributed by atoms with Gasteiger partial charge in [0, 0.05) is 0 Å². The third kappa shape index (κ3) is 2.34. The van der Waals surface area contributed by atoms with Gasteiger partial charge in [0.05, 0.1) is 0 Å². The van der Waals surface area contributed by atoms with Crippen LogP contribution in [0.4, 0.5) is 5.82 Å². The van der Waals surface area contributed by atoms with Crippen LogP contribution in [0.1, 0.15) is 25.3 Å². The summed E-state index contributed by atoms with van der Waals surface area (Å²) in [6, 6.07) is 1.78. The zero-order valence-electron chi connectivity index (χ0n) is 7.05. The minimum Gasteiger partial charge on any atom is -0.382 e. The number of nitrogens with two attached hydrogens (primary N) is 1. The molecule has 0 unspecified atom stereocenters. The van der Waals surface area contributed by atoms with Gasteiger partial charge < -0.3 is 5.73 Å². The van der Waals surface area contributed by atoms with E-state index in [0.717, 1.165) is 24.8 Å². The molecule has 2 N–H and O–H groups in total. The van der Waals surface area contributed by atoms with Gasteiger partial charge in [-0.2, -0.15) is 0 Å². The van der Waals surface area contributed by atoms with Crippen LogP contribution in [-0.2, 0) is 6.42 Å². The second kappa shape index (κ2) is 4.26. The zero-order chi connectivity index (χ0) is 8.97. The average Bonchev–Trinajstić information content (AvgIpc) is 2.07. The van der Waals surface area contributed by atoms with E-state index in [-0.39, 0.29) is 0 Å². The smallest absolute Gasteiger partial charge is 0.155 e. The summed E-state index contributed by atoms with van der Waals surface area (Å²) in [6.07, 6.45) is 3.17. The van der Waals surface area contributed by atoms with Gasteiger partial charge in [0.2, 0.25) is 0 Å². The molecule has 12 heavy (non-hydrogen) atoms. The highest BCUT2D eigenvalue weighted by Crippen LogP contribution is 2.15. The number of nitrogens with zero attached hydrogens (tertiary/aromatic N) is 2. The highest BCUT2D eigenvalue weighted by molar-refractivity contribution is 6.30. The molecule has 1 aromatic rings. The number of rotatable bonds is 3. The molecule has 0 saturated carbocycles. The fourth-order valence-corrected chi connectivity index (χ4v) is 1.16. The van der Waals surface area contributed by atoms with Crippen LogP contribution < -0.4 is 5.73 Å². The van der Waals surface area contributed by atoms with Crippen molar-refractivity contribution in [3.63, 3.8) is 0 Å². The monoisotopic (exact) mass is 185 g/mol. The largest absolute Gasteiger partial charge is 0.382 e. The van der Waals surface area contributed by atoms with Gasteiger partial charge in [0.15, 0.2) is 5.15 Å². The molecule has 0 aliphatic rings. The molecule has 0 bridgehead atoms. The minimum absolute atomic E-state index is 0.436. The van der Waals surface area contributed by atoms with E-state index in [2.05, 4.69) is 17.1 Å². The molecule has 66 valence electrons. The molecule has 1 heterocycles. The summed E-state index contributed by atoms with van der Waals surface area (Å²) in [6.45, 7) is 2.13. The first-order valence-corrected chi connectivity index (χ1v) is 4.39. The minimum atomic E-state index is 0.436. The van der Waals surface area contributed by atoms with Crippen molar-refractivity contribution in [2.45, 2.75) is 26.2 Å². The Bertz CT molecular complexity index is 262. The number of hydrogen-bond acceptors (Lipinski definition) is 3. The number of aryl methyl sites for hydroxylation is 1.